The lowest BCUT2D eigenvalue weighted by atomic mass is 10.0. The van der Waals surface area contributed by atoms with Crippen LogP contribution in [0.3, 0.4) is 0 Å². The maximum absolute atomic E-state index is 10.6. The largest absolute Gasteiger partial charge is 0.494 e. The van der Waals surface area contributed by atoms with Crippen LogP contribution in [0.25, 0.3) is 22.2 Å². The Hall–Kier alpha value is -3.52. The predicted octanol–water partition coefficient (Wildman–Crippen LogP) is 4.06. The first-order chi connectivity index (χ1) is 14.8. The van der Waals surface area contributed by atoms with Gasteiger partial charge in [0.15, 0.2) is 11.7 Å². The molecule has 3 N–H and O–H groups in total. The molecule has 4 rings (SSSR count). The monoisotopic (exact) mass is 418 g/mol. The van der Waals surface area contributed by atoms with Gasteiger partial charge in [-0.15, -0.1) is 0 Å². The predicted molar refractivity (Wildman–Crippen MR) is 121 cm³/mol. The van der Waals surface area contributed by atoms with Gasteiger partial charge >= 0.3 is 0 Å². The summed E-state index contributed by atoms with van der Waals surface area (Å²) in [5.41, 5.74) is 5.76. The van der Waals surface area contributed by atoms with E-state index in [1.807, 2.05) is 43.7 Å². The van der Waals surface area contributed by atoms with Gasteiger partial charge in [-0.3, -0.25) is 14.6 Å². The van der Waals surface area contributed by atoms with Crippen LogP contribution in [-0.2, 0) is 6.54 Å². The molecule has 0 radical (unpaired) electrons. The summed E-state index contributed by atoms with van der Waals surface area (Å²) in [5.74, 6) is 0.607. The molecule has 0 aliphatic rings. The van der Waals surface area contributed by atoms with Crippen LogP contribution in [0.1, 0.15) is 37.1 Å². The van der Waals surface area contributed by atoms with Crippen molar-refractivity contribution in [1.82, 2.24) is 24.7 Å². The third kappa shape index (κ3) is 4.20. The van der Waals surface area contributed by atoms with E-state index in [0.717, 1.165) is 33.4 Å². The zero-order valence-corrected chi connectivity index (χ0v) is 18.1. The molecule has 0 aromatic carbocycles. The van der Waals surface area contributed by atoms with E-state index < -0.39 is 0 Å². The zero-order chi connectivity index (χ0) is 22.1. The van der Waals surface area contributed by atoms with Gasteiger partial charge in [-0.05, 0) is 51.8 Å². The van der Waals surface area contributed by atoms with Gasteiger partial charge in [-0.2, -0.15) is 5.10 Å². The van der Waals surface area contributed by atoms with Crippen molar-refractivity contribution in [3.63, 3.8) is 0 Å². The summed E-state index contributed by atoms with van der Waals surface area (Å²) in [6.07, 6.45) is 5.50. The molecule has 0 saturated carbocycles. The Morgan fingerprint density at radius 2 is 2.06 bits per heavy atom. The van der Waals surface area contributed by atoms with Gasteiger partial charge in [-0.1, -0.05) is 0 Å². The number of nitrogens with one attached hydrogen (secondary N) is 1. The lowest BCUT2D eigenvalue weighted by Gasteiger charge is -2.06. The summed E-state index contributed by atoms with van der Waals surface area (Å²) < 4.78 is 1.83. The Morgan fingerprint density at radius 3 is 2.81 bits per heavy atom. The summed E-state index contributed by atoms with van der Waals surface area (Å²) in [4.78, 5) is 16.4. The Morgan fingerprint density at radius 1 is 1.26 bits per heavy atom. The average Bonchev–Trinajstić information content (AvgIpc) is 3.24. The third-order valence-corrected chi connectivity index (χ3v) is 5.35. The molecular weight excluding hydrogens is 392 g/mol. The van der Waals surface area contributed by atoms with Crippen LogP contribution < -0.4 is 0 Å². The van der Waals surface area contributed by atoms with Gasteiger partial charge in [0.1, 0.15) is 0 Å². The normalized spacial score (nSPS) is 13.1. The minimum atomic E-state index is -0.383. The summed E-state index contributed by atoms with van der Waals surface area (Å²) in [5, 5.41) is 25.5. The molecule has 1 atom stereocenters. The Labute approximate surface area is 180 Å². The molecule has 0 spiro atoms. The number of aliphatic imine (C=N–C) groups is 1. The summed E-state index contributed by atoms with van der Waals surface area (Å²) in [6.45, 7) is 8.21. The lowest BCUT2D eigenvalue weighted by Crippen LogP contribution is -2.09. The maximum Gasteiger partial charge on any atom is 0.198 e. The van der Waals surface area contributed by atoms with Crippen LogP contribution in [0, 0.1) is 13.8 Å². The molecule has 0 bridgehead atoms. The zero-order valence-electron chi connectivity index (χ0n) is 18.1. The minimum Gasteiger partial charge on any atom is -0.494 e. The number of rotatable bonds is 6. The molecule has 160 valence electrons. The lowest BCUT2D eigenvalue weighted by molar-refractivity contribution is 0.176. The SMILES string of the molecule is CC(=Nc1cc(C)n(CC[C@H](C)O)n1)c1c(O)[nH]c2cnc(-c3cnccc3C)cc12. The van der Waals surface area contributed by atoms with Gasteiger partial charge in [-0.25, -0.2) is 4.99 Å². The second-order valence-corrected chi connectivity index (χ2v) is 7.86. The molecule has 0 fully saturated rings. The fraction of sp³-hybridized carbons (Fsp3) is 0.304. The van der Waals surface area contributed by atoms with Crippen molar-refractivity contribution in [2.24, 2.45) is 4.99 Å². The number of hydrogen-bond acceptors (Lipinski definition) is 6. The number of aromatic nitrogens is 5. The average molecular weight is 419 g/mol. The summed E-state index contributed by atoms with van der Waals surface area (Å²) in [6, 6.07) is 5.78. The van der Waals surface area contributed by atoms with E-state index in [1.54, 1.807) is 25.5 Å². The standard InChI is InChI=1S/C23H26N6O2/c1-13-5-7-24-11-18(13)19-10-17-20(12-25-19)27-23(31)22(17)16(4)26-21-9-14(2)29(28-21)8-6-15(3)30/h5,7,9-12,15,27,30-31H,6,8H2,1-4H3/t15-/m0/s1. The number of fused-ring (bicyclic) bond motifs is 1. The van der Waals surface area contributed by atoms with Crippen LogP contribution in [-0.4, -0.2) is 46.8 Å². The van der Waals surface area contributed by atoms with Gasteiger partial charge in [0.2, 0.25) is 0 Å². The van der Waals surface area contributed by atoms with E-state index in [0.29, 0.717) is 30.1 Å². The molecule has 0 aliphatic heterocycles. The van der Waals surface area contributed by atoms with Gasteiger partial charge in [0.25, 0.3) is 0 Å². The first kappa shape index (κ1) is 20.7. The third-order valence-electron chi connectivity index (χ3n) is 5.35. The highest BCUT2D eigenvalue weighted by Crippen LogP contribution is 2.32. The van der Waals surface area contributed by atoms with Crippen molar-refractivity contribution < 1.29 is 10.2 Å². The Kier molecular flexibility index (Phi) is 5.56. The number of aliphatic hydroxyl groups is 1. The summed E-state index contributed by atoms with van der Waals surface area (Å²) in [7, 11) is 0. The van der Waals surface area contributed by atoms with E-state index in [-0.39, 0.29) is 12.0 Å². The highest BCUT2D eigenvalue weighted by Gasteiger charge is 2.16. The maximum atomic E-state index is 10.6. The second-order valence-electron chi connectivity index (χ2n) is 7.86. The molecule has 0 aliphatic carbocycles. The number of aliphatic hydroxyl groups excluding tert-OH is 1. The van der Waals surface area contributed by atoms with E-state index in [4.69, 9.17) is 0 Å². The number of H-pyrrole nitrogens is 1. The highest BCUT2D eigenvalue weighted by molar-refractivity contribution is 6.13. The first-order valence-electron chi connectivity index (χ1n) is 10.2. The fourth-order valence-corrected chi connectivity index (χ4v) is 3.64. The number of aromatic hydroxyl groups is 1. The number of aryl methyl sites for hydroxylation is 3. The van der Waals surface area contributed by atoms with Crippen molar-refractivity contribution in [3.8, 4) is 17.1 Å². The van der Waals surface area contributed by atoms with Gasteiger partial charge in [0, 0.05) is 41.6 Å². The van der Waals surface area contributed by atoms with Crippen LogP contribution in [0.5, 0.6) is 5.88 Å². The number of aromatic amines is 1. The Balaban J connectivity index is 1.73. The van der Waals surface area contributed by atoms with Crippen LogP contribution in [0.2, 0.25) is 0 Å². The first-order valence-corrected chi connectivity index (χ1v) is 10.2. The molecule has 0 saturated heterocycles. The van der Waals surface area contributed by atoms with Crippen LogP contribution >= 0.6 is 0 Å². The van der Waals surface area contributed by atoms with Crippen molar-refractivity contribution in [2.75, 3.05) is 0 Å². The topological polar surface area (TPSA) is 112 Å². The smallest absolute Gasteiger partial charge is 0.198 e. The highest BCUT2D eigenvalue weighted by atomic mass is 16.3. The van der Waals surface area contributed by atoms with E-state index in [1.165, 1.54) is 0 Å². The van der Waals surface area contributed by atoms with Crippen LogP contribution in [0.4, 0.5) is 5.82 Å². The van der Waals surface area contributed by atoms with Crippen molar-refractivity contribution in [1.29, 1.82) is 0 Å². The molecule has 8 heteroatoms. The Bertz CT molecular complexity index is 1270. The number of pyridine rings is 2. The molecule has 0 amide bonds. The number of hydrogen-bond donors (Lipinski definition) is 3. The van der Waals surface area contributed by atoms with E-state index in [9.17, 15) is 10.2 Å². The number of nitrogens with zero attached hydrogens (tertiary/aromatic N) is 5. The molecule has 4 aromatic rings. The van der Waals surface area contributed by atoms with Gasteiger partial charge in [0.05, 0.1) is 34.8 Å². The van der Waals surface area contributed by atoms with Crippen molar-refractivity contribution in [2.45, 2.75) is 46.8 Å². The van der Waals surface area contributed by atoms with E-state index >= 15 is 0 Å². The van der Waals surface area contributed by atoms with Crippen molar-refractivity contribution in [3.05, 3.63) is 53.6 Å². The molecule has 4 heterocycles. The molecular formula is C23H26N6O2. The quantitative estimate of drug-likeness (QED) is 0.409. The van der Waals surface area contributed by atoms with Crippen LogP contribution in [0.15, 0.2) is 41.8 Å². The molecule has 31 heavy (non-hydrogen) atoms. The van der Waals surface area contributed by atoms with E-state index in [2.05, 4.69) is 25.0 Å². The second kappa shape index (κ2) is 8.31. The van der Waals surface area contributed by atoms with Crippen molar-refractivity contribution >= 4 is 22.4 Å². The molecule has 4 aromatic heterocycles. The molecule has 0 unspecified atom stereocenters. The summed E-state index contributed by atoms with van der Waals surface area (Å²) >= 11 is 0. The minimum absolute atomic E-state index is 0.0448. The fourth-order valence-electron chi connectivity index (χ4n) is 3.64. The van der Waals surface area contributed by atoms with Gasteiger partial charge < -0.3 is 15.2 Å². The molecule has 8 nitrogen and oxygen atoms in total.